The average Bonchev–Trinajstić information content (AvgIpc) is 3.32. The molecule has 0 bridgehead atoms. The quantitative estimate of drug-likeness (QED) is 0.220. The highest BCUT2D eigenvalue weighted by molar-refractivity contribution is 9.10. The molecule has 0 N–H and O–H groups in total. The predicted octanol–water partition coefficient (Wildman–Crippen LogP) is 9.06. The Hall–Kier alpha value is -3.65. The average molecular weight is 571 g/mol. The number of ketones is 1. The van der Waals surface area contributed by atoms with Crippen LogP contribution in [0.5, 0.6) is 0 Å². The van der Waals surface area contributed by atoms with E-state index >= 15 is 0 Å². The van der Waals surface area contributed by atoms with Crippen LogP contribution in [0.25, 0.3) is 33.1 Å². The summed E-state index contributed by atoms with van der Waals surface area (Å²) in [7, 11) is 0. The summed E-state index contributed by atoms with van der Waals surface area (Å²) in [5, 5.41) is 1.75. The molecular weight excluding hydrogens is 558 g/mol. The van der Waals surface area contributed by atoms with Crippen LogP contribution in [0.1, 0.15) is 33.4 Å². The predicted molar refractivity (Wildman–Crippen MR) is 133 cm³/mol. The van der Waals surface area contributed by atoms with Crippen molar-refractivity contribution in [1.82, 2.24) is 0 Å². The molecular formula is C29H13BrF6O. The molecule has 0 unspecified atom stereocenters. The molecule has 2 aliphatic rings. The smallest absolute Gasteiger partial charge is 0.289 e. The summed E-state index contributed by atoms with van der Waals surface area (Å²) in [4.78, 5) is 13.9. The molecule has 0 heterocycles. The minimum atomic E-state index is -4.54. The summed E-state index contributed by atoms with van der Waals surface area (Å²) in [6, 6.07) is 18.0. The Kier molecular flexibility index (Phi) is 5.08. The van der Waals surface area contributed by atoms with Gasteiger partial charge in [0, 0.05) is 26.8 Å². The largest absolute Gasteiger partial charge is 0.416 e. The third-order valence-corrected chi connectivity index (χ3v) is 7.42. The Morgan fingerprint density at radius 3 is 1.46 bits per heavy atom. The van der Waals surface area contributed by atoms with Gasteiger partial charge in [0.2, 0.25) is 0 Å². The third kappa shape index (κ3) is 3.57. The van der Waals surface area contributed by atoms with E-state index in [0.29, 0.717) is 22.3 Å². The Morgan fingerprint density at radius 1 is 0.541 bits per heavy atom. The highest BCUT2D eigenvalue weighted by Gasteiger charge is 2.41. The van der Waals surface area contributed by atoms with E-state index in [4.69, 9.17) is 0 Å². The second kappa shape index (κ2) is 7.92. The maximum Gasteiger partial charge on any atom is 0.416 e. The number of alkyl halides is 6. The molecule has 0 aliphatic heterocycles. The third-order valence-electron chi connectivity index (χ3n) is 6.73. The van der Waals surface area contributed by atoms with Crippen molar-refractivity contribution in [1.29, 1.82) is 0 Å². The van der Waals surface area contributed by atoms with Gasteiger partial charge in [-0.2, -0.15) is 26.3 Å². The molecule has 0 atom stereocenters. The number of hydrogen-bond acceptors (Lipinski definition) is 1. The van der Waals surface area contributed by atoms with E-state index in [1.807, 2.05) is 30.3 Å². The van der Waals surface area contributed by atoms with Crippen LogP contribution >= 0.6 is 15.9 Å². The molecule has 0 saturated carbocycles. The van der Waals surface area contributed by atoms with Gasteiger partial charge < -0.3 is 0 Å². The fourth-order valence-corrected chi connectivity index (χ4v) is 5.59. The van der Waals surface area contributed by atoms with E-state index in [9.17, 15) is 31.1 Å². The number of benzene rings is 4. The first-order valence-electron chi connectivity index (χ1n) is 11.1. The van der Waals surface area contributed by atoms with Crippen molar-refractivity contribution in [2.45, 2.75) is 12.4 Å². The van der Waals surface area contributed by atoms with Crippen LogP contribution in [0.4, 0.5) is 26.3 Å². The molecule has 2 aliphatic carbocycles. The Labute approximate surface area is 214 Å². The van der Waals surface area contributed by atoms with Gasteiger partial charge in [-0.1, -0.05) is 64.5 Å². The zero-order chi connectivity index (χ0) is 26.3. The topological polar surface area (TPSA) is 17.1 Å². The van der Waals surface area contributed by atoms with Gasteiger partial charge in [-0.25, -0.2) is 0 Å². The number of carbonyl (C=O) groups excluding carboxylic acids is 1. The molecule has 0 spiro atoms. The second-order valence-electron chi connectivity index (χ2n) is 8.80. The van der Waals surface area contributed by atoms with Crippen LogP contribution in [0.15, 0.2) is 83.3 Å². The normalized spacial score (nSPS) is 15.3. The number of hydrogen-bond donors (Lipinski definition) is 0. The van der Waals surface area contributed by atoms with Crippen LogP contribution in [-0.2, 0) is 17.1 Å². The van der Waals surface area contributed by atoms with Gasteiger partial charge in [-0.3, -0.25) is 4.79 Å². The van der Waals surface area contributed by atoms with Crippen LogP contribution in [0.2, 0.25) is 0 Å². The highest BCUT2D eigenvalue weighted by atomic mass is 79.9. The lowest BCUT2D eigenvalue weighted by atomic mass is 9.92. The van der Waals surface area contributed by atoms with Crippen molar-refractivity contribution in [3.8, 4) is 0 Å². The van der Waals surface area contributed by atoms with Crippen LogP contribution in [0.3, 0.4) is 0 Å². The van der Waals surface area contributed by atoms with Gasteiger partial charge in [0.05, 0.1) is 11.1 Å². The first-order chi connectivity index (χ1) is 17.5. The van der Waals surface area contributed by atoms with Crippen molar-refractivity contribution in [2.24, 2.45) is 0 Å². The van der Waals surface area contributed by atoms with E-state index in [2.05, 4.69) is 15.9 Å². The number of allylic oxidation sites excluding steroid dienone is 4. The number of fused-ring (bicyclic) bond motifs is 3. The molecule has 0 fully saturated rings. The molecule has 37 heavy (non-hydrogen) atoms. The number of carbonyl (C=O) groups is 1. The molecule has 1 nitrogen and oxygen atoms in total. The standard InChI is InChI=1S/C29H13BrF6O/c30-21-13-12-20-24-18(21)2-1-3-19(24)25-22(14-4-8-16(9-5-14)28(31,32)33)27(37)23(26(20)25)15-6-10-17(11-7-15)29(34,35)36/h1-13H. The monoisotopic (exact) mass is 570 g/mol. The van der Waals surface area contributed by atoms with Gasteiger partial charge in [0.25, 0.3) is 0 Å². The maximum absolute atomic E-state index is 13.9. The molecule has 0 amide bonds. The van der Waals surface area contributed by atoms with Gasteiger partial charge in [0.15, 0.2) is 5.78 Å². The molecule has 0 aromatic heterocycles. The van der Waals surface area contributed by atoms with Crippen LogP contribution in [0, 0.1) is 0 Å². The van der Waals surface area contributed by atoms with Crippen molar-refractivity contribution < 1.29 is 31.1 Å². The molecule has 8 heteroatoms. The van der Waals surface area contributed by atoms with E-state index in [0.717, 1.165) is 50.6 Å². The summed E-state index contributed by atoms with van der Waals surface area (Å²) < 4.78 is 79.9. The highest BCUT2D eigenvalue weighted by Crippen LogP contribution is 2.57. The van der Waals surface area contributed by atoms with E-state index in [-0.39, 0.29) is 11.1 Å². The van der Waals surface area contributed by atoms with Gasteiger partial charge in [0.1, 0.15) is 0 Å². The SMILES string of the molecule is O=C1C(c2ccc(C(F)(F)F)cc2)=C2C(=C1c1ccc(C(F)(F)F)cc1)c1ccc(Br)c3cccc2c13. The minimum absolute atomic E-state index is 0.221. The summed E-state index contributed by atoms with van der Waals surface area (Å²) >= 11 is 3.55. The molecule has 0 radical (unpaired) electrons. The number of halogens is 7. The van der Waals surface area contributed by atoms with E-state index in [1.165, 1.54) is 24.3 Å². The van der Waals surface area contributed by atoms with Crippen molar-refractivity contribution in [2.75, 3.05) is 0 Å². The van der Waals surface area contributed by atoms with Gasteiger partial charge in [-0.05, 0) is 63.4 Å². The zero-order valence-electron chi connectivity index (χ0n) is 18.6. The fraction of sp³-hybridized carbons (Fsp3) is 0.0690. The number of rotatable bonds is 2. The van der Waals surface area contributed by atoms with Gasteiger partial charge in [-0.15, -0.1) is 0 Å². The fourth-order valence-electron chi connectivity index (χ4n) is 5.13. The molecule has 0 saturated heterocycles. The van der Waals surface area contributed by atoms with Gasteiger partial charge >= 0.3 is 12.4 Å². The lowest BCUT2D eigenvalue weighted by Crippen LogP contribution is -2.07. The first kappa shape index (κ1) is 23.7. The Bertz CT molecular complexity index is 1600. The molecule has 184 valence electrons. The molecule has 4 aromatic rings. The van der Waals surface area contributed by atoms with Crippen LogP contribution in [-0.4, -0.2) is 5.78 Å². The van der Waals surface area contributed by atoms with Crippen molar-refractivity contribution in [3.05, 3.63) is 117 Å². The molecule has 6 rings (SSSR count). The summed E-state index contributed by atoms with van der Waals surface area (Å²) in [6.45, 7) is 0. The maximum atomic E-state index is 13.9. The summed E-state index contributed by atoms with van der Waals surface area (Å²) in [5.74, 6) is -0.449. The summed E-state index contributed by atoms with van der Waals surface area (Å²) in [6.07, 6.45) is -9.07. The Balaban J connectivity index is 1.62. The van der Waals surface area contributed by atoms with Crippen molar-refractivity contribution >= 4 is 54.8 Å². The Morgan fingerprint density at radius 2 is 1.00 bits per heavy atom. The van der Waals surface area contributed by atoms with Crippen LogP contribution < -0.4 is 0 Å². The van der Waals surface area contributed by atoms with Crippen molar-refractivity contribution in [3.63, 3.8) is 0 Å². The zero-order valence-corrected chi connectivity index (χ0v) is 20.1. The lowest BCUT2D eigenvalue weighted by Gasteiger charge is -2.12. The van der Waals surface area contributed by atoms with E-state index in [1.54, 1.807) is 0 Å². The minimum Gasteiger partial charge on any atom is -0.289 e. The van der Waals surface area contributed by atoms with E-state index < -0.39 is 29.3 Å². The molecule has 4 aromatic carbocycles. The second-order valence-corrected chi connectivity index (χ2v) is 9.66. The lowest BCUT2D eigenvalue weighted by molar-refractivity contribution is -0.138. The summed E-state index contributed by atoms with van der Waals surface area (Å²) in [5.41, 5.74) is 1.98. The first-order valence-corrected chi connectivity index (χ1v) is 11.9. The number of Topliss-reactive ketones (excluding diaryl/α,β-unsaturated/α-hetero) is 1.